The Morgan fingerprint density at radius 3 is 2.86 bits per heavy atom. The van der Waals surface area contributed by atoms with E-state index in [4.69, 9.17) is 0 Å². The van der Waals surface area contributed by atoms with Gasteiger partial charge < -0.3 is 4.74 Å². The van der Waals surface area contributed by atoms with Gasteiger partial charge in [0.05, 0.1) is 18.4 Å². The summed E-state index contributed by atoms with van der Waals surface area (Å²) in [6, 6.07) is 4.64. The molecule has 0 radical (unpaired) electrons. The average molecular weight is 256 g/mol. The molecule has 0 N–H and O–H groups in total. The first-order valence-corrected chi connectivity index (χ1v) is 4.44. The number of rotatable bonds is 2. The molecule has 0 fully saturated rings. The lowest BCUT2D eigenvalue weighted by molar-refractivity contribution is 0.0599. The maximum absolute atomic E-state index is 11.2. The zero-order valence-electron chi connectivity index (χ0n) is 7.28. The van der Waals surface area contributed by atoms with Gasteiger partial charge in [0.2, 0.25) is 6.08 Å². The number of esters is 1. The molecule has 1 rings (SSSR count). The molecule has 1 aromatic rings. The van der Waals surface area contributed by atoms with E-state index < -0.39 is 5.97 Å². The van der Waals surface area contributed by atoms with Crippen LogP contribution in [0.5, 0.6) is 0 Å². The number of aliphatic imine (C=N–C) groups is 1. The van der Waals surface area contributed by atoms with Crippen LogP contribution in [-0.2, 0) is 9.53 Å². The van der Waals surface area contributed by atoms with Crippen molar-refractivity contribution >= 4 is 33.7 Å². The van der Waals surface area contributed by atoms with Crippen LogP contribution in [0.25, 0.3) is 0 Å². The summed E-state index contributed by atoms with van der Waals surface area (Å²) < 4.78 is 5.13. The first-order valence-electron chi connectivity index (χ1n) is 3.64. The van der Waals surface area contributed by atoms with Crippen molar-refractivity contribution < 1.29 is 14.3 Å². The molecule has 0 saturated heterocycles. The maximum atomic E-state index is 11.2. The number of carbonyl (C=O) groups is 1. The molecule has 0 aromatic heterocycles. The Balaban J connectivity index is 3.20. The number of halogens is 1. The Morgan fingerprint density at radius 2 is 2.29 bits per heavy atom. The Labute approximate surface area is 88.7 Å². The van der Waals surface area contributed by atoms with Gasteiger partial charge in [0.1, 0.15) is 0 Å². The van der Waals surface area contributed by atoms with Gasteiger partial charge in [-0.2, -0.15) is 4.99 Å². The number of carbonyl (C=O) groups excluding carboxylic acids is 2. The molecule has 5 heteroatoms. The summed E-state index contributed by atoms with van der Waals surface area (Å²) in [6.45, 7) is 0. The second kappa shape index (κ2) is 4.69. The molecule has 0 saturated carbocycles. The predicted octanol–water partition coefficient (Wildman–Crippen LogP) is 2.20. The minimum absolute atomic E-state index is 0.323. The summed E-state index contributed by atoms with van der Waals surface area (Å²) in [6.07, 6.45) is 1.40. The van der Waals surface area contributed by atoms with E-state index in [0.29, 0.717) is 15.7 Å². The van der Waals surface area contributed by atoms with Crippen molar-refractivity contribution in [1.29, 1.82) is 0 Å². The van der Waals surface area contributed by atoms with Crippen LogP contribution in [-0.4, -0.2) is 19.2 Å². The molecular weight excluding hydrogens is 250 g/mol. The summed E-state index contributed by atoms with van der Waals surface area (Å²) in [4.78, 5) is 24.6. The van der Waals surface area contributed by atoms with E-state index in [-0.39, 0.29) is 0 Å². The maximum Gasteiger partial charge on any atom is 0.339 e. The molecule has 0 aliphatic rings. The lowest BCUT2D eigenvalue weighted by Gasteiger charge is -2.02. The van der Waals surface area contributed by atoms with E-state index in [9.17, 15) is 9.59 Å². The number of isocyanates is 1. The van der Waals surface area contributed by atoms with E-state index >= 15 is 0 Å². The fraction of sp³-hybridized carbons (Fsp3) is 0.111. The molecule has 14 heavy (non-hydrogen) atoms. The van der Waals surface area contributed by atoms with Crippen molar-refractivity contribution in [1.82, 2.24) is 0 Å². The third-order valence-electron chi connectivity index (χ3n) is 1.53. The number of methoxy groups -OCH3 is 1. The van der Waals surface area contributed by atoms with Crippen molar-refractivity contribution in [2.45, 2.75) is 0 Å². The smallest absolute Gasteiger partial charge is 0.339 e. The highest BCUT2D eigenvalue weighted by molar-refractivity contribution is 9.10. The van der Waals surface area contributed by atoms with Crippen molar-refractivity contribution in [3.05, 3.63) is 28.2 Å². The van der Waals surface area contributed by atoms with Gasteiger partial charge in [-0.05, 0) is 34.1 Å². The first kappa shape index (κ1) is 10.6. The van der Waals surface area contributed by atoms with Crippen LogP contribution in [0, 0.1) is 0 Å². The van der Waals surface area contributed by atoms with Crippen LogP contribution in [0.4, 0.5) is 5.69 Å². The topological polar surface area (TPSA) is 55.7 Å². The molecule has 1 aromatic carbocycles. The van der Waals surface area contributed by atoms with E-state index in [1.165, 1.54) is 19.3 Å². The number of nitrogens with zero attached hydrogens (tertiary/aromatic N) is 1. The number of ether oxygens (including phenoxy) is 1. The zero-order valence-corrected chi connectivity index (χ0v) is 8.87. The molecule has 0 bridgehead atoms. The zero-order chi connectivity index (χ0) is 10.6. The molecule has 0 aliphatic heterocycles. The minimum Gasteiger partial charge on any atom is -0.465 e. The van der Waals surface area contributed by atoms with Crippen molar-refractivity contribution in [2.75, 3.05) is 7.11 Å². The second-order valence-corrected chi connectivity index (χ2v) is 3.21. The summed E-state index contributed by atoms with van der Waals surface area (Å²) >= 11 is 3.18. The molecule has 0 unspecified atom stereocenters. The first-order chi connectivity index (χ1) is 6.69. The third-order valence-corrected chi connectivity index (χ3v) is 2.22. The third kappa shape index (κ3) is 2.28. The summed E-state index contributed by atoms with van der Waals surface area (Å²) in [5.74, 6) is -0.486. The van der Waals surface area contributed by atoms with Crippen molar-refractivity contribution in [2.24, 2.45) is 4.99 Å². The van der Waals surface area contributed by atoms with Crippen molar-refractivity contribution in [3.8, 4) is 0 Å². The number of hydrogen-bond donors (Lipinski definition) is 0. The van der Waals surface area contributed by atoms with Crippen LogP contribution < -0.4 is 0 Å². The van der Waals surface area contributed by atoms with E-state index in [0.717, 1.165) is 0 Å². The summed E-state index contributed by atoms with van der Waals surface area (Å²) in [5.41, 5.74) is 0.688. The molecule has 0 atom stereocenters. The van der Waals surface area contributed by atoms with Crippen LogP contribution in [0.3, 0.4) is 0 Å². The molecule has 0 aliphatic carbocycles. The Morgan fingerprint density at radius 1 is 1.57 bits per heavy atom. The molecule has 4 nitrogen and oxygen atoms in total. The SMILES string of the molecule is COC(=O)c1cc(N=C=O)ccc1Br. The van der Waals surface area contributed by atoms with Gasteiger partial charge in [-0.3, -0.25) is 0 Å². The molecule has 72 valence electrons. The van der Waals surface area contributed by atoms with Gasteiger partial charge in [-0.25, -0.2) is 9.59 Å². The fourth-order valence-corrected chi connectivity index (χ4v) is 1.31. The van der Waals surface area contributed by atoms with Gasteiger partial charge in [-0.15, -0.1) is 0 Å². The monoisotopic (exact) mass is 255 g/mol. The quantitative estimate of drug-likeness (QED) is 0.463. The van der Waals surface area contributed by atoms with Gasteiger partial charge in [-0.1, -0.05) is 0 Å². The highest BCUT2D eigenvalue weighted by Gasteiger charge is 2.10. The standard InChI is InChI=1S/C9H6BrNO3/c1-14-9(13)7-4-6(11-5-12)2-3-8(7)10/h2-4H,1H3. The summed E-state index contributed by atoms with van der Waals surface area (Å²) in [5, 5.41) is 0. The lowest BCUT2D eigenvalue weighted by Crippen LogP contribution is -2.01. The van der Waals surface area contributed by atoms with E-state index in [1.54, 1.807) is 12.1 Å². The Kier molecular flexibility index (Phi) is 3.56. The second-order valence-electron chi connectivity index (χ2n) is 2.36. The molecule has 0 amide bonds. The van der Waals surface area contributed by atoms with Crippen LogP contribution >= 0.6 is 15.9 Å². The van der Waals surface area contributed by atoms with E-state index in [2.05, 4.69) is 25.7 Å². The largest absolute Gasteiger partial charge is 0.465 e. The lowest BCUT2D eigenvalue weighted by atomic mass is 10.2. The predicted molar refractivity (Wildman–Crippen MR) is 53.3 cm³/mol. The number of benzene rings is 1. The highest BCUT2D eigenvalue weighted by atomic mass is 79.9. The Bertz CT molecular complexity index is 411. The van der Waals surface area contributed by atoms with Crippen LogP contribution in [0.1, 0.15) is 10.4 Å². The van der Waals surface area contributed by atoms with Crippen molar-refractivity contribution in [3.63, 3.8) is 0 Å². The van der Waals surface area contributed by atoms with E-state index in [1.807, 2.05) is 0 Å². The van der Waals surface area contributed by atoms with Gasteiger partial charge in [0, 0.05) is 4.47 Å². The summed E-state index contributed by atoms with van der Waals surface area (Å²) in [7, 11) is 1.28. The molecular formula is C9H6BrNO3. The minimum atomic E-state index is -0.486. The van der Waals surface area contributed by atoms with Crippen LogP contribution in [0.15, 0.2) is 27.7 Å². The Hall–Kier alpha value is -1.45. The van der Waals surface area contributed by atoms with Gasteiger partial charge >= 0.3 is 5.97 Å². The highest BCUT2D eigenvalue weighted by Crippen LogP contribution is 2.23. The van der Waals surface area contributed by atoms with Gasteiger partial charge in [0.25, 0.3) is 0 Å². The molecule has 0 spiro atoms. The molecule has 0 heterocycles. The van der Waals surface area contributed by atoms with Gasteiger partial charge in [0.15, 0.2) is 0 Å². The average Bonchev–Trinajstić information content (AvgIpc) is 2.20. The fourth-order valence-electron chi connectivity index (χ4n) is 0.902. The normalized spacial score (nSPS) is 9.00. The number of hydrogen-bond acceptors (Lipinski definition) is 4. The van der Waals surface area contributed by atoms with Crippen LogP contribution in [0.2, 0.25) is 0 Å².